The molecule has 0 atom stereocenters. The normalized spacial score (nSPS) is 9.86. The molecule has 3 nitrogen and oxygen atoms in total. The Kier molecular flexibility index (Phi) is 5.69. The smallest absolute Gasteiger partial charge is 0.195 e. The van der Waals surface area contributed by atoms with Crippen molar-refractivity contribution in [3.63, 3.8) is 0 Å². The summed E-state index contributed by atoms with van der Waals surface area (Å²) in [6.45, 7) is 4.16. The van der Waals surface area contributed by atoms with Crippen LogP contribution in [-0.4, -0.2) is 17.4 Å². The van der Waals surface area contributed by atoms with Crippen LogP contribution in [0.2, 0.25) is 5.02 Å². The Bertz CT molecular complexity index is 701. The number of rotatable bonds is 5. The van der Waals surface area contributed by atoms with E-state index in [-0.39, 0.29) is 5.78 Å². The zero-order chi connectivity index (χ0) is 15.9. The highest BCUT2D eigenvalue weighted by Crippen LogP contribution is 2.23. The van der Waals surface area contributed by atoms with Gasteiger partial charge in [-0.3, -0.25) is 4.79 Å². The van der Waals surface area contributed by atoms with Crippen LogP contribution < -0.4 is 10.6 Å². The Morgan fingerprint density at radius 2 is 1.95 bits per heavy atom. The van der Waals surface area contributed by atoms with E-state index in [1.807, 2.05) is 18.2 Å². The number of ketones is 1. The third-order valence-electron chi connectivity index (χ3n) is 2.92. The second kappa shape index (κ2) is 7.73. The van der Waals surface area contributed by atoms with Crippen LogP contribution in [0.4, 0.5) is 5.69 Å². The predicted octanol–water partition coefficient (Wildman–Crippen LogP) is 4.04. The number of halogens is 1. The van der Waals surface area contributed by atoms with Gasteiger partial charge >= 0.3 is 0 Å². The first-order valence-corrected chi connectivity index (χ1v) is 7.45. The van der Waals surface area contributed by atoms with Crippen molar-refractivity contribution in [2.45, 2.75) is 0 Å². The van der Waals surface area contributed by atoms with E-state index in [0.717, 1.165) is 0 Å². The molecule has 0 bridgehead atoms. The molecule has 2 aromatic rings. The van der Waals surface area contributed by atoms with Crippen molar-refractivity contribution < 1.29 is 4.79 Å². The molecule has 0 fully saturated rings. The minimum atomic E-state index is -0.114. The largest absolute Gasteiger partial charge is 0.359 e. The first kappa shape index (κ1) is 16.2. The molecule has 2 aromatic carbocycles. The van der Waals surface area contributed by atoms with E-state index in [9.17, 15) is 4.79 Å². The van der Waals surface area contributed by atoms with Gasteiger partial charge in [0, 0.05) is 22.7 Å². The van der Waals surface area contributed by atoms with Crippen molar-refractivity contribution in [3.8, 4) is 0 Å². The summed E-state index contributed by atoms with van der Waals surface area (Å²) >= 11 is 11.2. The molecule has 2 N–H and O–H groups in total. The van der Waals surface area contributed by atoms with E-state index >= 15 is 0 Å². The van der Waals surface area contributed by atoms with Gasteiger partial charge in [0.2, 0.25) is 0 Å². The fourth-order valence-corrected chi connectivity index (χ4v) is 2.26. The van der Waals surface area contributed by atoms with Gasteiger partial charge in [-0.1, -0.05) is 48.0 Å². The molecular formula is C17H15ClN2OS. The molecule has 0 heterocycles. The SMILES string of the molecule is C=CCNC(=S)Nc1ccc(Cl)cc1C(=O)c1ccccc1. The maximum absolute atomic E-state index is 12.6. The summed E-state index contributed by atoms with van der Waals surface area (Å²) in [5, 5.41) is 6.89. The molecule has 112 valence electrons. The highest BCUT2D eigenvalue weighted by atomic mass is 35.5. The van der Waals surface area contributed by atoms with Crippen LogP contribution >= 0.6 is 23.8 Å². The molecule has 0 spiro atoms. The molecule has 0 aliphatic heterocycles. The summed E-state index contributed by atoms with van der Waals surface area (Å²) in [6, 6.07) is 14.1. The fraction of sp³-hybridized carbons (Fsp3) is 0.0588. The van der Waals surface area contributed by atoms with Crippen LogP contribution in [0.5, 0.6) is 0 Å². The lowest BCUT2D eigenvalue weighted by molar-refractivity contribution is 0.103. The van der Waals surface area contributed by atoms with Gasteiger partial charge in [-0.05, 0) is 30.4 Å². The minimum absolute atomic E-state index is 0.114. The van der Waals surface area contributed by atoms with Crippen molar-refractivity contribution in [2.75, 3.05) is 11.9 Å². The van der Waals surface area contributed by atoms with Crippen LogP contribution in [0.1, 0.15) is 15.9 Å². The van der Waals surface area contributed by atoms with Crippen molar-refractivity contribution in [1.29, 1.82) is 0 Å². The van der Waals surface area contributed by atoms with E-state index in [1.54, 1.807) is 36.4 Å². The van der Waals surface area contributed by atoms with Gasteiger partial charge < -0.3 is 10.6 Å². The van der Waals surface area contributed by atoms with E-state index in [4.69, 9.17) is 23.8 Å². The number of hydrogen-bond donors (Lipinski definition) is 2. The van der Waals surface area contributed by atoms with Crippen LogP contribution in [0.25, 0.3) is 0 Å². The second-order valence-electron chi connectivity index (χ2n) is 4.51. The minimum Gasteiger partial charge on any atom is -0.359 e. The number of anilines is 1. The van der Waals surface area contributed by atoms with Crippen molar-refractivity contribution in [3.05, 3.63) is 77.3 Å². The van der Waals surface area contributed by atoms with Gasteiger partial charge in [0.25, 0.3) is 0 Å². The summed E-state index contributed by atoms with van der Waals surface area (Å²) in [6.07, 6.45) is 1.70. The summed E-state index contributed by atoms with van der Waals surface area (Å²) in [5.41, 5.74) is 1.68. The van der Waals surface area contributed by atoms with Gasteiger partial charge in [0.15, 0.2) is 10.9 Å². The van der Waals surface area contributed by atoms with Gasteiger partial charge in [0.1, 0.15) is 0 Å². The van der Waals surface area contributed by atoms with E-state index in [2.05, 4.69) is 17.2 Å². The highest BCUT2D eigenvalue weighted by molar-refractivity contribution is 7.80. The molecule has 0 aliphatic rings. The van der Waals surface area contributed by atoms with E-state index in [0.29, 0.717) is 33.5 Å². The second-order valence-corrected chi connectivity index (χ2v) is 5.35. The number of thiocarbonyl (C=S) groups is 1. The molecule has 0 radical (unpaired) electrons. The predicted molar refractivity (Wildman–Crippen MR) is 95.7 cm³/mol. The summed E-state index contributed by atoms with van der Waals surface area (Å²) in [4.78, 5) is 12.6. The third kappa shape index (κ3) is 4.16. The van der Waals surface area contributed by atoms with Crippen molar-refractivity contribution in [2.24, 2.45) is 0 Å². The van der Waals surface area contributed by atoms with Crippen LogP contribution in [-0.2, 0) is 0 Å². The number of benzene rings is 2. The molecule has 0 unspecified atom stereocenters. The first-order chi connectivity index (χ1) is 10.6. The monoisotopic (exact) mass is 330 g/mol. The third-order valence-corrected chi connectivity index (χ3v) is 3.40. The average Bonchev–Trinajstić information content (AvgIpc) is 2.54. The molecule has 0 saturated heterocycles. The summed E-state index contributed by atoms with van der Waals surface area (Å²) < 4.78 is 0. The van der Waals surface area contributed by atoms with Gasteiger partial charge in [-0.15, -0.1) is 6.58 Å². The van der Waals surface area contributed by atoms with Crippen molar-refractivity contribution in [1.82, 2.24) is 5.32 Å². The highest BCUT2D eigenvalue weighted by Gasteiger charge is 2.14. The maximum Gasteiger partial charge on any atom is 0.195 e. The Morgan fingerprint density at radius 1 is 1.23 bits per heavy atom. The number of nitrogens with one attached hydrogen (secondary N) is 2. The van der Waals surface area contributed by atoms with E-state index in [1.165, 1.54) is 0 Å². The molecule has 2 rings (SSSR count). The number of hydrogen-bond acceptors (Lipinski definition) is 2. The summed E-state index contributed by atoms with van der Waals surface area (Å²) in [5.74, 6) is -0.114. The quantitative estimate of drug-likeness (QED) is 0.493. The van der Waals surface area contributed by atoms with Gasteiger partial charge in [-0.25, -0.2) is 0 Å². The lowest BCUT2D eigenvalue weighted by Crippen LogP contribution is -2.29. The van der Waals surface area contributed by atoms with E-state index < -0.39 is 0 Å². The Balaban J connectivity index is 2.30. The Morgan fingerprint density at radius 3 is 2.64 bits per heavy atom. The zero-order valence-electron chi connectivity index (χ0n) is 11.8. The number of carbonyl (C=O) groups is 1. The standard InChI is InChI=1S/C17H15ClN2OS/c1-2-10-19-17(22)20-15-9-8-13(18)11-14(15)16(21)12-6-4-3-5-7-12/h2-9,11H,1,10H2,(H2,19,20,22). The van der Waals surface area contributed by atoms with Gasteiger partial charge in [0.05, 0.1) is 5.69 Å². The Labute approximate surface area is 140 Å². The van der Waals surface area contributed by atoms with Crippen LogP contribution in [0.15, 0.2) is 61.2 Å². The van der Waals surface area contributed by atoms with Crippen LogP contribution in [0.3, 0.4) is 0 Å². The molecule has 22 heavy (non-hydrogen) atoms. The Hall–Kier alpha value is -2.17. The molecule has 5 heteroatoms. The number of carbonyl (C=O) groups excluding carboxylic acids is 1. The molecule has 0 saturated carbocycles. The average molecular weight is 331 g/mol. The fourth-order valence-electron chi connectivity index (χ4n) is 1.89. The van der Waals surface area contributed by atoms with Crippen LogP contribution in [0, 0.1) is 0 Å². The molecule has 0 aliphatic carbocycles. The van der Waals surface area contributed by atoms with Gasteiger partial charge in [-0.2, -0.15) is 0 Å². The molecule has 0 amide bonds. The molecule has 0 aromatic heterocycles. The maximum atomic E-state index is 12.6. The first-order valence-electron chi connectivity index (χ1n) is 6.67. The van der Waals surface area contributed by atoms with Crippen molar-refractivity contribution >= 4 is 40.4 Å². The zero-order valence-corrected chi connectivity index (χ0v) is 13.4. The molecular weight excluding hydrogens is 316 g/mol. The summed E-state index contributed by atoms with van der Waals surface area (Å²) in [7, 11) is 0. The topological polar surface area (TPSA) is 41.1 Å². The lowest BCUT2D eigenvalue weighted by Gasteiger charge is -2.13. The lowest BCUT2D eigenvalue weighted by atomic mass is 10.0.